The van der Waals surface area contributed by atoms with Gasteiger partial charge in [0.1, 0.15) is 0 Å². The highest BCUT2D eigenvalue weighted by molar-refractivity contribution is 5.49. The van der Waals surface area contributed by atoms with Crippen LogP contribution in [0, 0.1) is 0 Å². The third-order valence-corrected chi connectivity index (χ3v) is 2.34. The quantitative estimate of drug-likeness (QED) is 0.712. The van der Waals surface area contributed by atoms with Gasteiger partial charge in [0, 0.05) is 18.8 Å². The van der Waals surface area contributed by atoms with Crippen LogP contribution in [0.5, 0.6) is 0 Å². The van der Waals surface area contributed by atoms with Crippen molar-refractivity contribution in [1.82, 2.24) is 0 Å². The van der Waals surface area contributed by atoms with Crippen molar-refractivity contribution in [2.45, 2.75) is 13.0 Å². The zero-order valence-corrected chi connectivity index (χ0v) is 7.03. The summed E-state index contributed by atoms with van der Waals surface area (Å²) in [4.78, 5) is 2.33. The highest BCUT2D eigenvalue weighted by Crippen LogP contribution is 2.20. The average Bonchev–Trinajstić information content (AvgIpc) is 2.03. The molecule has 1 fully saturated rings. The zero-order valence-electron chi connectivity index (χ0n) is 7.03. The molecule has 0 saturated carbocycles. The number of nitrogens with zero attached hydrogens (tertiary/aromatic N) is 1. The molecule has 1 N–H and O–H groups in total. The topological polar surface area (TPSA) is 23.5 Å². The van der Waals surface area contributed by atoms with Crippen molar-refractivity contribution in [2.24, 2.45) is 0 Å². The molecule has 12 heavy (non-hydrogen) atoms. The highest BCUT2D eigenvalue weighted by Gasteiger charge is 2.13. The van der Waals surface area contributed by atoms with Crippen molar-refractivity contribution < 1.29 is 5.11 Å². The first-order chi connectivity index (χ1) is 5.90. The molecule has 1 aliphatic heterocycles. The molecule has 0 aromatic heterocycles. The molecule has 1 heterocycles. The average molecular weight is 163 g/mol. The number of hydrogen-bond acceptors (Lipinski definition) is 2. The van der Waals surface area contributed by atoms with Gasteiger partial charge in [-0.25, -0.2) is 0 Å². The molecule has 1 saturated heterocycles. The molecule has 1 aliphatic rings. The van der Waals surface area contributed by atoms with Crippen molar-refractivity contribution in [3.05, 3.63) is 29.8 Å². The minimum atomic E-state index is 0.139. The standard InChI is InChI=1S/C10H13NO/c12-8-9-2-4-10(5-3-9)11-6-1-7-11/h2-5,12H,1,6-8H2. The van der Waals surface area contributed by atoms with E-state index < -0.39 is 0 Å². The molecule has 2 nitrogen and oxygen atoms in total. The normalized spacial score (nSPS) is 15.9. The molecule has 0 atom stereocenters. The Bertz CT molecular complexity index is 251. The Labute approximate surface area is 72.4 Å². The maximum atomic E-state index is 8.82. The lowest BCUT2D eigenvalue weighted by molar-refractivity contribution is 0.282. The number of rotatable bonds is 2. The summed E-state index contributed by atoms with van der Waals surface area (Å²) >= 11 is 0. The summed E-state index contributed by atoms with van der Waals surface area (Å²) in [5.41, 5.74) is 2.26. The number of benzene rings is 1. The summed E-state index contributed by atoms with van der Waals surface area (Å²) in [5.74, 6) is 0. The van der Waals surface area contributed by atoms with Gasteiger partial charge in [0.25, 0.3) is 0 Å². The van der Waals surface area contributed by atoms with Crippen LogP contribution in [0.15, 0.2) is 24.3 Å². The second-order valence-corrected chi connectivity index (χ2v) is 3.17. The third kappa shape index (κ3) is 1.30. The van der Waals surface area contributed by atoms with E-state index in [2.05, 4.69) is 17.0 Å². The Morgan fingerprint density at radius 2 is 1.83 bits per heavy atom. The van der Waals surface area contributed by atoms with Gasteiger partial charge in [-0.15, -0.1) is 0 Å². The molecular weight excluding hydrogens is 150 g/mol. The largest absolute Gasteiger partial charge is 0.392 e. The molecule has 0 amide bonds. The third-order valence-electron chi connectivity index (χ3n) is 2.34. The summed E-state index contributed by atoms with van der Waals surface area (Å²) in [6.07, 6.45) is 1.31. The summed E-state index contributed by atoms with van der Waals surface area (Å²) in [5, 5.41) is 8.82. The fourth-order valence-electron chi connectivity index (χ4n) is 1.39. The van der Waals surface area contributed by atoms with Gasteiger partial charge >= 0.3 is 0 Å². The Balaban J connectivity index is 2.13. The van der Waals surface area contributed by atoms with Crippen LogP contribution in [-0.2, 0) is 6.61 Å². The van der Waals surface area contributed by atoms with Crippen LogP contribution in [0.2, 0.25) is 0 Å². The summed E-state index contributed by atoms with van der Waals surface area (Å²) in [6, 6.07) is 8.11. The smallest absolute Gasteiger partial charge is 0.0681 e. The molecule has 0 unspecified atom stereocenters. The van der Waals surface area contributed by atoms with Gasteiger partial charge in [-0.05, 0) is 24.1 Å². The first-order valence-electron chi connectivity index (χ1n) is 4.35. The van der Waals surface area contributed by atoms with Crippen molar-refractivity contribution in [3.63, 3.8) is 0 Å². The van der Waals surface area contributed by atoms with Crippen molar-refractivity contribution in [3.8, 4) is 0 Å². The van der Waals surface area contributed by atoms with E-state index in [1.54, 1.807) is 0 Å². The molecule has 1 aromatic carbocycles. The van der Waals surface area contributed by atoms with Gasteiger partial charge in [0.05, 0.1) is 6.61 Å². The van der Waals surface area contributed by atoms with Gasteiger partial charge < -0.3 is 10.0 Å². The van der Waals surface area contributed by atoms with E-state index in [1.807, 2.05) is 12.1 Å². The lowest BCUT2D eigenvalue weighted by Crippen LogP contribution is -2.36. The second-order valence-electron chi connectivity index (χ2n) is 3.17. The van der Waals surface area contributed by atoms with E-state index in [9.17, 15) is 0 Å². The maximum absolute atomic E-state index is 8.82. The lowest BCUT2D eigenvalue weighted by atomic mass is 10.1. The molecule has 0 aliphatic carbocycles. The van der Waals surface area contributed by atoms with Crippen molar-refractivity contribution in [1.29, 1.82) is 0 Å². The van der Waals surface area contributed by atoms with Gasteiger partial charge in [-0.1, -0.05) is 12.1 Å². The first-order valence-corrected chi connectivity index (χ1v) is 4.35. The van der Waals surface area contributed by atoms with E-state index >= 15 is 0 Å². The number of hydrogen-bond donors (Lipinski definition) is 1. The fourth-order valence-corrected chi connectivity index (χ4v) is 1.39. The van der Waals surface area contributed by atoms with Crippen LogP contribution in [0.3, 0.4) is 0 Å². The zero-order chi connectivity index (χ0) is 8.39. The Hall–Kier alpha value is -1.02. The van der Waals surface area contributed by atoms with Crippen LogP contribution < -0.4 is 4.90 Å². The SMILES string of the molecule is OCc1ccc(N2CCC2)cc1. The maximum Gasteiger partial charge on any atom is 0.0681 e. The lowest BCUT2D eigenvalue weighted by Gasteiger charge is -2.33. The molecule has 0 radical (unpaired) electrons. The summed E-state index contributed by atoms with van der Waals surface area (Å²) in [7, 11) is 0. The van der Waals surface area contributed by atoms with Crippen LogP contribution in [0.25, 0.3) is 0 Å². The van der Waals surface area contributed by atoms with Crippen LogP contribution in [0.4, 0.5) is 5.69 Å². The first kappa shape index (κ1) is 7.62. The van der Waals surface area contributed by atoms with E-state index in [1.165, 1.54) is 25.2 Å². The molecule has 2 rings (SSSR count). The molecule has 0 bridgehead atoms. The predicted molar refractivity (Wildman–Crippen MR) is 49.2 cm³/mol. The van der Waals surface area contributed by atoms with Gasteiger partial charge in [0.2, 0.25) is 0 Å². The van der Waals surface area contributed by atoms with E-state index in [4.69, 9.17) is 5.11 Å². The molecule has 64 valence electrons. The molecule has 1 aromatic rings. The Morgan fingerprint density at radius 3 is 2.25 bits per heavy atom. The summed E-state index contributed by atoms with van der Waals surface area (Å²) in [6.45, 7) is 2.50. The van der Waals surface area contributed by atoms with E-state index in [0.717, 1.165) is 5.56 Å². The molecular formula is C10H13NO. The minimum Gasteiger partial charge on any atom is -0.392 e. The Morgan fingerprint density at radius 1 is 1.17 bits per heavy atom. The second kappa shape index (κ2) is 3.15. The highest BCUT2D eigenvalue weighted by atomic mass is 16.3. The van der Waals surface area contributed by atoms with Gasteiger partial charge in [0.15, 0.2) is 0 Å². The van der Waals surface area contributed by atoms with Crippen LogP contribution in [0.1, 0.15) is 12.0 Å². The fraction of sp³-hybridized carbons (Fsp3) is 0.400. The summed E-state index contributed by atoms with van der Waals surface area (Å²) < 4.78 is 0. The number of aliphatic hydroxyl groups is 1. The van der Waals surface area contributed by atoms with Gasteiger partial charge in [-0.3, -0.25) is 0 Å². The van der Waals surface area contributed by atoms with Crippen molar-refractivity contribution >= 4 is 5.69 Å². The molecule has 2 heteroatoms. The van der Waals surface area contributed by atoms with Crippen LogP contribution >= 0.6 is 0 Å². The number of anilines is 1. The predicted octanol–water partition coefficient (Wildman–Crippen LogP) is 1.39. The number of aliphatic hydroxyl groups excluding tert-OH is 1. The van der Waals surface area contributed by atoms with Crippen LogP contribution in [-0.4, -0.2) is 18.2 Å². The van der Waals surface area contributed by atoms with E-state index in [-0.39, 0.29) is 6.61 Å². The minimum absolute atomic E-state index is 0.139. The van der Waals surface area contributed by atoms with Crippen molar-refractivity contribution in [2.75, 3.05) is 18.0 Å². The monoisotopic (exact) mass is 163 g/mol. The Kier molecular flexibility index (Phi) is 2.00. The van der Waals surface area contributed by atoms with E-state index in [0.29, 0.717) is 0 Å². The van der Waals surface area contributed by atoms with Gasteiger partial charge in [-0.2, -0.15) is 0 Å². The molecule has 0 spiro atoms.